The van der Waals surface area contributed by atoms with Crippen molar-refractivity contribution in [1.29, 1.82) is 0 Å². The van der Waals surface area contributed by atoms with Crippen molar-refractivity contribution in [2.24, 2.45) is 0 Å². The molecule has 53 heavy (non-hydrogen) atoms. The monoisotopic (exact) mass is 784 g/mol. The molecule has 0 aromatic heterocycles. The predicted octanol–water partition coefficient (Wildman–Crippen LogP) is 10.3. The second-order valence-corrected chi connectivity index (χ2v) is 14.8. The first-order valence-electron chi connectivity index (χ1n) is 15.5. The summed E-state index contributed by atoms with van der Waals surface area (Å²) in [6, 6.07) is 50.5. The van der Waals surface area contributed by atoms with E-state index in [4.69, 9.17) is 0 Å². The van der Waals surface area contributed by atoms with E-state index in [1.807, 2.05) is 84.9 Å². The van der Waals surface area contributed by atoms with Gasteiger partial charge in [-0.25, -0.2) is 58.7 Å². The Bertz CT molecular complexity index is 2390. The zero-order chi connectivity index (χ0) is 37.1. The van der Waals surface area contributed by atoms with Crippen molar-refractivity contribution in [3.8, 4) is 0 Å². The number of halogens is 4. The molecule has 0 aliphatic heterocycles. The first-order chi connectivity index (χ1) is 25.0. The van der Waals surface area contributed by atoms with Crippen LogP contribution in [0.1, 0.15) is 0 Å². The first-order valence-corrected chi connectivity index (χ1v) is 18.5. The predicted molar refractivity (Wildman–Crippen MR) is 193 cm³/mol. The van der Waals surface area contributed by atoms with Crippen LogP contribution < -0.4 is 0 Å². The van der Waals surface area contributed by atoms with Crippen molar-refractivity contribution >= 4 is 41.2 Å². The van der Waals surface area contributed by atoms with Crippen LogP contribution >= 0.6 is 0 Å². The quantitative estimate of drug-likeness (QED) is 0.0772. The van der Waals surface area contributed by atoms with E-state index in [-0.39, 0.29) is 31.5 Å². The van der Waals surface area contributed by atoms with Crippen molar-refractivity contribution < 1.29 is 56.1 Å². The van der Waals surface area contributed by atoms with Crippen molar-refractivity contribution in [2.45, 2.75) is 19.6 Å². The summed E-state index contributed by atoms with van der Waals surface area (Å²) < 4.78 is 103. The molecule has 0 aliphatic rings. The minimum Gasteiger partial charge on any atom is -0.236 e. The number of benzene rings is 6. The van der Waals surface area contributed by atoms with Gasteiger partial charge in [0, 0.05) is 23.3 Å². The molecular formula is C42H28F4O4S2Ti. The molecule has 0 N–H and O–H groups in total. The van der Waals surface area contributed by atoms with Crippen LogP contribution in [-0.2, 0) is 41.4 Å². The molecule has 0 spiro atoms. The molecule has 0 radical (unpaired) electrons. The van der Waals surface area contributed by atoms with E-state index in [2.05, 4.69) is 0 Å². The molecule has 0 atom stereocenters. The summed E-state index contributed by atoms with van der Waals surface area (Å²) in [7, 11) is -8.10. The summed E-state index contributed by atoms with van der Waals surface area (Å²) in [5, 5.41) is 3.21. The molecule has 264 valence electrons. The van der Waals surface area contributed by atoms with Crippen molar-refractivity contribution in [3.05, 3.63) is 205 Å². The molecule has 0 aliphatic carbocycles. The molecule has 0 saturated carbocycles. The average molecular weight is 785 g/mol. The van der Waals surface area contributed by atoms with Crippen LogP contribution in [0.3, 0.4) is 0 Å². The van der Waals surface area contributed by atoms with Gasteiger partial charge in [0.25, 0.3) is 0 Å². The van der Waals surface area contributed by atoms with Crippen LogP contribution in [0.15, 0.2) is 189 Å². The van der Waals surface area contributed by atoms with E-state index in [9.17, 15) is 34.4 Å². The summed E-state index contributed by atoms with van der Waals surface area (Å²) in [6.45, 7) is 0. The molecule has 0 heterocycles. The Morgan fingerprint density at radius 1 is 0.415 bits per heavy atom. The standard InChI is InChI=1S/2C16H9F2O2S.2C5H5.Ti/c2*17-13-6-8-16(15(18)10-13)21(19,20)14-7-5-11-3-1-2-4-12(11)9-14;2*1-2-4-5-3-1;/h2*1-9H;2*1-5H;/q4*-1;+4. The molecular weight excluding hydrogens is 756 g/mol. The molecule has 8 aromatic carbocycles. The zero-order valence-corrected chi connectivity index (χ0v) is 30.8. The van der Waals surface area contributed by atoms with Crippen LogP contribution in [0.2, 0.25) is 0 Å². The average Bonchev–Trinajstić information content (AvgIpc) is 3.92. The van der Waals surface area contributed by atoms with Crippen LogP contribution in [0, 0.1) is 35.4 Å². The number of sulfone groups is 2. The van der Waals surface area contributed by atoms with E-state index in [1.54, 1.807) is 48.5 Å². The molecule has 0 bridgehead atoms. The smallest absolute Gasteiger partial charge is 0.236 e. The maximum absolute atomic E-state index is 13.7. The fourth-order valence-electron chi connectivity index (χ4n) is 4.84. The van der Waals surface area contributed by atoms with Gasteiger partial charge in [0.15, 0.2) is 19.7 Å². The normalized spacial score (nSPS) is 10.8. The summed E-state index contributed by atoms with van der Waals surface area (Å²) >= 11 is 0. The fraction of sp³-hybridized carbons (Fsp3) is 0. The third-order valence-corrected chi connectivity index (χ3v) is 10.9. The van der Waals surface area contributed by atoms with Gasteiger partial charge in [-0.15, -0.1) is 36.4 Å². The van der Waals surface area contributed by atoms with Gasteiger partial charge in [0.05, 0.1) is 9.79 Å². The van der Waals surface area contributed by atoms with Gasteiger partial charge in [0.1, 0.15) is 0 Å². The SMILES string of the molecule is O=S(=O)(c1ccc2ccccc2c1)c1ccc(F)[c-]c1F.O=S(=O)(c1ccc2ccccc2c1)c1ccc(F)[c-]c1F.[Ti+4].c1cc[cH-]c1.c1cc[cH-]c1. The van der Waals surface area contributed by atoms with Gasteiger partial charge in [-0.2, -0.15) is 36.4 Å². The summed E-state index contributed by atoms with van der Waals surface area (Å²) in [4.78, 5) is -1.25. The minimum atomic E-state index is -4.05. The molecule has 0 saturated heterocycles. The fourth-order valence-corrected chi connectivity index (χ4v) is 7.47. The van der Waals surface area contributed by atoms with Gasteiger partial charge in [-0.3, -0.25) is 0 Å². The van der Waals surface area contributed by atoms with Crippen molar-refractivity contribution in [2.75, 3.05) is 0 Å². The number of hydrogen-bond acceptors (Lipinski definition) is 4. The minimum absolute atomic E-state index is 0. The zero-order valence-electron chi connectivity index (χ0n) is 27.6. The maximum Gasteiger partial charge on any atom is 4.00 e. The summed E-state index contributed by atoms with van der Waals surface area (Å²) in [6.07, 6.45) is 0. The number of rotatable bonds is 4. The third-order valence-electron chi connectivity index (χ3n) is 7.41. The van der Waals surface area contributed by atoms with E-state index < -0.39 is 52.7 Å². The number of fused-ring (bicyclic) bond motifs is 2. The Kier molecular flexibility index (Phi) is 14.2. The summed E-state index contributed by atoms with van der Waals surface area (Å²) in [5.74, 6) is -4.32. The van der Waals surface area contributed by atoms with E-state index in [0.29, 0.717) is 0 Å². The third kappa shape index (κ3) is 10.5. The molecule has 8 rings (SSSR count). The molecule has 0 amide bonds. The topological polar surface area (TPSA) is 68.3 Å². The Morgan fingerprint density at radius 2 is 0.755 bits per heavy atom. The van der Waals surface area contributed by atoms with E-state index >= 15 is 0 Å². The van der Waals surface area contributed by atoms with Crippen LogP contribution in [0.25, 0.3) is 21.5 Å². The Balaban J connectivity index is 0.000000184. The van der Waals surface area contributed by atoms with Crippen LogP contribution in [0.5, 0.6) is 0 Å². The van der Waals surface area contributed by atoms with Gasteiger partial charge in [0.2, 0.25) is 0 Å². The van der Waals surface area contributed by atoms with Crippen molar-refractivity contribution in [3.63, 3.8) is 0 Å². The maximum atomic E-state index is 13.7. The van der Waals surface area contributed by atoms with E-state index in [1.165, 1.54) is 24.3 Å². The summed E-state index contributed by atoms with van der Waals surface area (Å²) in [5.41, 5.74) is 0. The van der Waals surface area contributed by atoms with Crippen LogP contribution in [0.4, 0.5) is 17.6 Å². The first kappa shape index (κ1) is 40.6. The Hall–Kier alpha value is -5.13. The molecule has 8 aromatic rings. The Labute approximate surface area is 320 Å². The van der Waals surface area contributed by atoms with Gasteiger partial charge >= 0.3 is 21.7 Å². The molecule has 11 heteroatoms. The Morgan fingerprint density at radius 3 is 1.06 bits per heavy atom. The molecule has 4 nitrogen and oxygen atoms in total. The van der Waals surface area contributed by atoms with Gasteiger partial charge in [-0.1, -0.05) is 60.7 Å². The van der Waals surface area contributed by atoms with E-state index in [0.717, 1.165) is 45.8 Å². The van der Waals surface area contributed by atoms with Crippen LogP contribution in [-0.4, -0.2) is 16.8 Å². The van der Waals surface area contributed by atoms with Gasteiger partial charge in [-0.05, 0) is 55.6 Å². The van der Waals surface area contributed by atoms with Crippen molar-refractivity contribution in [1.82, 2.24) is 0 Å². The molecule has 0 unspecified atom stereocenters. The number of hydrogen-bond donors (Lipinski definition) is 0. The molecule has 0 fully saturated rings. The van der Waals surface area contributed by atoms with Gasteiger partial charge < -0.3 is 0 Å². The second kappa shape index (κ2) is 18.6. The largest absolute Gasteiger partial charge is 4.00 e. The second-order valence-electron chi connectivity index (χ2n) is 10.9.